The van der Waals surface area contributed by atoms with E-state index in [4.69, 9.17) is 5.84 Å². The molecule has 0 radical (unpaired) electrons. The molecule has 0 amide bonds. The van der Waals surface area contributed by atoms with Gasteiger partial charge in [0, 0.05) is 12.6 Å². The molecule has 0 aliphatic heterocycles. The molecule has 0 spiro atoms. The minimum Gasteiger partial charge on any atom is -0.294 e. The third-order valence-corrected chi connectivity index (χ3v) is 2.65. The highest BCUT2D eigenvalue weighted by atomic mass is 32.2. The Bertz CT molecular complexity index is 443. The van der Waals surface area contributed by atoms with Crippen LogP contribution >= 0.6 is 11.8 Å². The van der Waals surface area contributed by atoms with E-state index < -0.39 is 11.9 Å². The van der Waals surface area contributed by atoms with Gasteiger partial charge in [0.25, 0.3) is 0 Å². The van der Waals surface area contributed by atoms with Crippen LogP contribution in [0, 0.1) is 5.41 Å². The van der Waals surface area contributed by atoms with Crippen molar-refractivity contribution < 1.29 is 13.2 Å². The Labute approximate surface area is 114 Å². The summed E-state index contributed by atoms with van der Waals surface area (Å²) in [5.74, 6) is 5.85. The van der Waals surface area contributed by atoms with Crippen molar-refractivity contribution >= 4 is 17.6 Å². The van der Waals surface area contributed by atoms with Gasteiger partial charge >= 0.3 is 6.18 Å². The SMILES string of the molecule is CSc1nc(N(N)CC(C)(C)C)cc(C(F)(F)F)n1. The molecule has 0 fully saturated rings. The van der Waals surface area contributed by atoms with Gasteiger partial charge in [-0.2, -0.15) is 13.2 Å². The summed E-state index contributed by atoms with van der Waals surface area (Å²) in [7, 11) is 0. The van der Waals surface area contributed by atoms with Crippen LogP contribution in [0.5, 0.6) is 0 Å². The number of nitrogens with two attached hydrogens (primary N) is 1. The van der Waals surface area contributed by atoms with Crippen LogP contribution in [-0.4, -0.2) is 22.8 Å². The summed E-state index contributed by atoms with van der Waals surface area (Å²) in [6, 6.07) is 0.867. The molecule has 0 aromatic carbocycles. The molecule has 0 aliphatic carbocycles. The van der Waals surface area contributed by atoms with Crippen LogP contribution in [0.2, 0.25) is 0 Å². The van der Waals surface area contributed by atoms with Crippen molar-refractivity contribution in [1.82, 2.24) is 9.97 Å². The van der Waals surface area contributed by atoms with E-state index in [1.165, 1.54) is 5.01 Å². The zero-order chi connectivity index (χ0) is 14.8. The quantitative estimate of drug-likeness (QED) is 0.402. The predicted octanol–water partition coefficient (Wildman–Crippen LogP) is 2.94. The Kier molecular flexibility index (Phi) is 4.67. The summed E-state index contributed by atoms with van der Waals surface area (Å²) in [5, 5.41) is 1.27. The molecule has 2 N–H and O–H groups in total. The number of rotatable bonds is 3. The molecule has 0 saturated carbocycles. The number of thioether (sulfide) groups is 1. The van der Waals surface area contributed by atoms with Crippen molar-refractivity contribution in [1.29, 1.82) is 0 Å². The van der Waals surface area contributed by atoms with Crippen LogP contribution in [0.25, 0.3) is 0 Å². The molecule has 1 rings (SSSR count). The largest absolute Gasteiger partial charge is 0.433 e. The van der Waals surface area contributed by atoms with Crippen LogP contribution in [0.1, 0.15) is 26.5 Å². The fraction of sp³-hybridized carbons (Fsp3) is 0.636. The van der Waals surface area contributed by atoms with Crippen LogP contribution in [0.3, 0.4) is 0 Å². The molecule has 0 unspecified atom stereocenters. The summed E-state index contributed by atoms with van der Waals surface area (Å²) >= 11 is 1.04. The van der Waals surface area contributed by atoms with E-state index in [0.29, 0.717) is 6.54 Å². The zero-order valence-electron chi connectivity index (χ0n) is 11.2. The fourth-order valence-electron chi connectivity index (χ4n) is 1.39. The average molecular weight is 294 g/mol. The highest BCUT2D eigenvalue weighted by Crippen LogP contribution is 2.31. The maximum Gasteiger partial charge on any atom is 0.433 e. The molecule has 1 aromatic heterocycles. The second-order valence-electron chi connectivity index (χ2n) is 5.28. The summed E-state index contributed by atoms with van der Waals surface area (Å²) in [5.41, 5.74) is -1.14. The van der Waals surface area contributed by atoms with Gasteiger partial charge in [-0.05, 0) is 11.7 Å². The number of anilines is 1. The van der Waals surface area contributed by atoms with Gasteiger partial charge in [-0.1, -0.05) is 32.5 Å². The molecule has 1 aromatic rings. The number of hydrazine groups is 1. The number of hydrogen-bond acceptors (Lipinski definition) is 5. The summed E-state index contributed by atoms with van der Waals surface area (Å²) < 4.78 is 38.2. The fourth-order valence-corrected chi connectivity index (χ4v) is 1.76. The molecule has 19 heavy (non-hydrogen) atoms. The lowest BCUT2D eigenvalue weighted by atomic mass is 9.97. The summed E-state index contributed by atoms with van der Waals surface area (Å²) in [6.07, 6.45) is -2.89. The second-order valence-corrected chi connectivity index (χ2v) is 6.06. The van der Waals surface area contributed by atoms with Gasteiger partial charge in [-0.25, -0.2) is 15.8 Å². The number of nitrogens with zero attached hydrogens (tertiary/aromatic N) is 3. The Hall–Kier alpha value is -1.02. The van der Waals surface area contributed by atoms with Gasteiger partial charge < -0.3 is 0 Å². The highest BCUT2D eigenvalue weighted by molar-refractivity contribution is 7.98. The lowest BCUT2D eigenvalue weighted by Crippen LogP contribution is -2.39. The van der Waals surface area contributed by atoms with Gasteiger partial charge in [-0.15, -0.1) is 0 Å². The second kappa shape index (κ2) is 5.54. The normalized spacial score (nSPS) is 12.6. The van der Waals surface area contributed by atoms with E-state index in [2.05, 4.69) is 9.97 Å². The first-order valence-corrected chi connectivity index (χ1v) is 6.78. The Morgan fingerprint density at radius 2 is 1.84 bits per heavy atom. The highest BCUT2D eigenvalue weighted by Gasteiger charge is 2.34. The first kappa shape index (κ1) is 16.0. The van der Waals surface area contributed by atoms with E-state index in [1.807, 2.05) is 20.8 Å². The maximum absolute atomic E-state index is 12.7. The number of alkyl halides is 3. The van der Waals surface area contributed by atoms with Crippen LogP contribution < -0.4 is 10.9 Å². The molecule has 0 saturated heterocycles. The lowest BCUT2D eigenvalue weighted by molar-refractivity contribution is -0.141. The van der Waals surface area contributed by atoms with Gasteiger partial charge in [0.15, 0.2) is 10.9 Å². The smallest absolute Gasteiger partial charge is 0.294 e. The molecule has 0 bridgehead atoms. The first-order valence-electron chi connectivity index (χ1n) is 5.55. The van der Waals surface area contributed by atoms with E-state index in [0.717, 1.165) is 17.8 Å². The Morgan fingerprint density at radius 1 is 1.26 bits per heavy atom. The predicted molar refractivity (Wildman–Crippen MR) is 69.8 cm³/mol. The van der Waals surface area contributed by atoms with Crippen LogP contribution in [-0.2, 0) is 6.18 Å². The lowest BCUT2D eigenvalue weighted by Gasteiger charge is -2.27. The molecule has 0 atom stereocenters. The van der Waals surface area contributed by atoms with Crippen molar-refractivity contribution in [3.05, 3.63) is 11.8 Å². The number of halogens is 3. The van der Waals surface area contributed by atoms with Gasteiger partial charge in [-0.3, -0.25) is 5.01 Å². The molecule has 1 heterocycles. The van der Waals surface area contributed by atoms with Gasteiger partial charge in [0.05, 0.1) is 0 Å². The monoisotopic (exact) mass is 294 g/mol. The van der Waals surface area contributed by atoms with Crippen molar-refractivity contribution in [3.8, 4) is 0 Å². The Balaban J connectivity index is 3.13. The van der Waals surface area contributed by atoms with Crippen molar-refractivity contribution in [2.45, 2.75) is 32.1 Å². The first-order chi connectivity index (χ1) is 8.53. The third-order valence-electron chi connectivity index (χ3n) is 2.10. The van der Waals surface area contributed by atoms with E-state index in [9.17, 15) is 13.2 Å². The standard InChI is InChI=1S/C11H17F3N4S/c1-10(2,3)6-18(15)8-5-7(11(12,13)14)16-9(17-8)19-4/h5H,6,15H2,1-4H3. The van der Waals surface area contributed by atoms with Crippen molar-refractivity contribution in [2.75, 3.05) is 17.8 Å². The van der Waals surface area contributed by atoms with E-state index in [-0.39, 0.29) is 16.4 Å². The minimum absolute atomic E-state index is 0.0502. The molecule has 8 heteroatoms. The van der Waals surface area contributed by atoms with E-state index in [1.54, 1.807) is 6.26 Å². The maximum atomic E-state index is 12.7. The molecular formula is C11H17F3N4S. The van der Waals surface area contributed by atoms with Crippen molar-refractivity contribution in [2.24, 2.45) is 11.3 Å². The average Bonchev–Trinajstić information content (AvgIpc) is 2.25. The third kappa shape index (κ3) is 4.87. The van der Waals surface area contributed by atoms with E-state index >= 15 is 0 Å². The van der Waals surface area contributed by atoms with Crippen LogP contribution in [0.4, 0.5) is 19.0 Å². The van der Waals surface area contributed by atoms with Gasteiger partial charge in [0.2, 0.25) is 0 Å². The molecule has 0 aliphatic rings. The van der Waals surface area contributed by atoms with Crippen molar-refractivity contribution in [3.63, 3.8) is 0 Å². The minimum atomic E-state index is -4.51. The van der Waals surface area contributed by atoms with Gasteiger partial charge in [0.1, 0.15) is 5.82 Å². The number of hydrogen-bond donors (Lipinski definition) is 1. The number of aromatic nitrogens is 2. The molecular weight excluding hydrogens is 277 g/mol. The summed E-state index contributed by atoms with van der Waals surface area (Å²) in [4.78, 5) is 7.45. The topological polar surface area (TPSA) is 55.0 Å². The zero-order valence-corrected chi connectivity index (χ0v) is 12.1. The Morgan fingerprint density at radius 3 is 2.26 bits per heavy atom. The van der Waals surface area contributed by atoms with Crippen LogP contribution in [0.15, 0.2) is 11.2 Å². The molecule has 108 valence electrons. The molecule has 4 nitrogen and oxygen atoms in total. The summed E-state index contributed by atoms with van der Waals surface area (Å²) in [6.45, 7) is 6.20.